The van der Waals surface area contributed by atoms with E-state index in [2.05, 4.69) is 61.2 Å². The van der Waals surface area contributed by atoms with E-state index in [0.29, 0.717) is 80.0 Å². The third-order valence-electron chi connectivity index (χ3n) is 17.1. The average Bonchev–Trinajstić information content (AvgIpc) is 4.21. The summed E-state index contributed by atoms with van der Waals surface area (Å²) < 4.78 is 21.4. The van der Waals surface area contributed by atoms with E-state index in [0.717, 1.165) is 129 Å². The molecule has 1 aliphatic carbocycles. The number of aromatic amines is 1. The van der Waals surface area contributed by atoms with Crippen LogP contribution in [0.5, 0.6) is 11.8 Å². The predicted octanol–water partition coefficient (Wildman–Crippen LogP) is 9.70. The fourth-order valence-electron chi connectivity index (χ4n) is 12.8. The van der Waals surface area contributed by atoms with Gasteiger partial charge in [0.05, 0.1) is 41.0 Å². The van der Waals surface area contributed by atoms with Crippen LogP contribution in [-0.4, -0.2) is 122 Å². The number of amides is 2. The number of H-pyrrole nitrogens is 1. The van der Waals surface area contributed by atoms with Gasteiger partial charge in [0.1, 0.15) is 41.8 Å². The third-order valence-corrected chi connectivity index (χ3v) is 18.1. The first kappa shape index (κ1) is 52.6. The van der Waals surface area contributed by atoms with Crippen molar-refractivity contribution in [3.05, 3.63) is 112 Å². The van der Waals surface area contributed by atoms with Crippen LogP contribution >= 0.6 is 11.3 Å². The van der Waals surface area contributed by atoms with Gasteiger partial charge in [-0.3, -0.25) is 24.2 Å². The number of aryl methyl sites for hydroxylation is 2. The first-order valence-corrected chi connectivity index (χ1v) is 29.5. The maximum absolute atomic E-state index is 14.7. The minimum Gasteiger partial charge on any atom is -0.486 e. The zero-order valence-corrected chi connectivity index (χ0v) is 47.3. The highest BCUT2D eigenvalue weighted by atomic mass is 32.1. The Kier molecular flexibility index (Phi) is 14.3. The zero-order valence-electron chi connectivity index (χ0n) is 46.5. The second-order valence-electron chi connectivity index (χ2n) is 22.8. The monoisotopic (exact) mass is 1110 g/mol. The number of carbonyl (C=O) groups is 3. The molecule has 8 aromatic rings. The molecule has 8 heterocycles. The summed E-state index contributed by atoms with van der Waals surface area (Å²) in [5, 5.41) is 24.6. The zero-order chi connectivity index (χ0) is 55.5. The van der Waals surface area contributed by atoms with Gasteiger partial charge in [-0.25, -0.2) is 4.98 Å². The number of benzene rings is 4. The van der Waals surface area contributed by atoms with Crippen LogP contribution in [0.2, 0.25) is 0 Å². The van der Waals surface area contributed by atoms with Crippen LogP contribution in [0.3, 0.4) is 0 Å². The first-order chi connectivity index (χ1) is 39.5. The van der Waals surface area contributed by atoms with E-state index in [1.807, 2.05) is 82.0 Å². The van der Waals surface area contributed by atoms with Crippen molar-refractivity contribution in [3.8, 4) is 44.5 Å². The van der Waals surface area contributed by atoms with Crippen molar-refractivity contribution in [3.63, 3.8) is 0 Å². The van der Waals surface area contributed by atoms with Gasteiger partial charge < -0.3 is 40.0 Å². The number of rotatable bonds is 18. The van der Waals surface area contributed by atoms with E-state index in [1.54, 1.807) is 27.1 Å². The van der Waals surface area contributed by atoms with Crippen molar-refractivity contribution >= 4 is 62.7 Å². The Labute approximate surface area is 474 Å². The number of likely N-dealkylation sites (tertiary alicyclic amines) is 1. The number of piperazine rings is 1. The largest absolute Gasteiger partial charge is 0.486 e. The number of carbonyl (C=O) groups excluding carboxylic acids is 3. The van der Waals surface area contributed by atoms with Crippen LogP contribution in [0.4, 0.5) is 11.5 Å². The molecule has 4 saturated heterocycles. The van der Waals surface area contributed by atoms with Crippen molar-refractivity contribution < 1.29 is 28.6 Å². The quantitative estimate of drug-likeness (QED) is 0.0591. The van der Waals surface area contributed by atoms with E-state index in [1.165, 1.54) is 5.56 Å². The standard InChI is InChI=1S/C62H68N12O6S/c1-34(2)56(61(77)72-20-6-7-52(72)60(76)65-26-37-9-12-40(13-10-37)58-36(4)66-33-81-58)74-30-48(51(31-75)71-74)44-16-11-38(23-50(44)63-5)32-79-57-54(53-35(3)8-17-49-47(53)28-67-70-49)45(39-14-15-39)25-46-55(57)68-62(80-43-18-21-78-22-19-43)69-59(46)73-29-41-24-42(73)27-64-41/h8-13,16-17,23,25,28,30-31,33-34,39,41-43,52,56,63-64H,6-7,14-15,18-22,24,26-27,29,32H2,1-5H3,(H,65,76)(H,67,70). The molecule has 1 saturated carbocycles. The van der Waals surface area contributed by atoms with Gasteiger partial charge in [0.2, 0.25) is 11.8 Å². The minimum absolute atomic E-state index is 0.0737. The molecule has 0 radical (unpaired) electrons. The maximum Gasteiger partial charge on any atom is 0.319 e. The molecule has 19 heteroatoms. The molecule has 4 aromatic carbocycles. The molecule has 13 rings (SSSR count). The lowest BCUT2D eigenvalue weighted by Gasteiger charge is -2.31. The van der Waals surface area contributed by atoms with Gasteiger partial charge >= 0.3 is 6.01 Å². The SMILES string of the molecule is CNc1cc(COc2c(-c3c(C)ccc4[nH]ncc34)c(C3CC3)cc3c(N4CC5CC4CN5)nc(OC4CCOCC4)nc23)ccc1-c1cn(C(C(=O)N2CCCC2C(=O)NCc2ccc(-c3scnc3C)cc2)C(C)C)nc1C=O. The topological polar surface area (TPSA) is 207 Å². The number of aldehydes is 1. The summed E-state index contributed by atoms with van der Waals surface area (Å²) in [6.07, 6.45) is 10.3. The molecule has 81 heavy (non-hydrogen) atoms. The number of aromatic nitrogens is 7. The molecule has 4 aromatic heterocycles. The molecule has 5 fully saturated rings. The fraction of sp³-hybridized carbons (Fsp3) is 0.419. The lowest BCUT2D eigenvalue weighted by Crippen LogP contribution is -2.48. The van der Waals surface area contributed by atoms with E-state index in [4.69, 9.17) is 29.3 Å². The Morgan fingerprint density at radius 3 is 2.51 bits per heavy atom. The maximum atomic E-state index is 14.7. The van der Waals surface area contributed by atoms with Crippen LogP contribution in [0.25, 0.3) is 54.5 Å². The third kappa shape index (κ3) is 10.1. The van der Waals surface area contributed by atoms with E-state index in [-0.39, 0.29) is 36.1 Å². The van der Waals surface area contributed by atoms with E-state index < -0.39 is 12.1 Å². The number of hydrogen-bond donors (Lipinski definition) is 4. The molecule has 5 aliphatic rings. The molecule has 2 amide bonds. The van der Waals surface area contributed by atoms with Gasteiger partial charge in [-0.05, 0) is 109 Å². The summed E-state index contributed by atoms with van der Waals surface area (Å²) in [5.74, 6) is 1.27. The predicted molar refractivity (Wildman–Crippen MR) is 313 cm³/mol. The number of anilines is 2. The molecule has 4 unspecified atom stereocenters. The van der Waals surface area contributed by atoms with Gasteiger partial charge in [-0.1, -0.05) is 56.3 Å². The summed E-state index contributed by atoms with van der Waals surface area (Å²) in [4.78, 5) is 61.8. The van der Waals surface area contributed by atoms with Crippen molar-refractivity contribution in [1.82, 2.24) is 50.5 Å². The second kappa shape index (κ2) is 22.0. The molecule has 4 atom stereocenters. The van der Waals surface area contributed by atoms with Crippen LogP contribution in [0.15, 0.2) is 78.6 Å². The minimum atomic E-state index is -0.768. The number of thiazole rings is 1. The Balaban J connectivity index is 0.813. The van der Waals surface area contributed by atoms with Crippen molar-refractivity contribution in [2.75, 3.05) is 50.1 Å². The number of hydrogen-bond acceptors (Lipinski definition) is 15. The Bertz CT molecular complexity index is 3690. The molecule has 4 N–H and O–H groups in total. The number of fused-ring (bicyclic) bond motifs is 4. The first-order valence-electron chi connectivity index (χ1n) is 28.6. The van der Waals surface area contributed by atoms with E-state index >= 15 is 0 Å². The Morgan fingerprint density at radius 2 is 1.78 bits per heavy atom. The van der Waals surface area contributed by atoms with E-state index in [9.17, 15) is 14.4 Å². The number of nitrogens with one attached hydrogen (secondary N) is 4. The summed E-state index contributed by atoms with van der Waals surface area (Å²) >= 11 is 1.60. The molecule has 2 bridgehead atoms. The number of nitrogens with zero attached hydrogens (tertiary/aromatic N) is 8. The molecule has 4 aliphatic heterocycles. The number of ether oxygens (including phenoxy) is 3. The summed E-state index contributed by atoms with van der Waals surface area (Å²) in [6.45, 7) is 12.0. The molecule has 18 nitrogen and oxygen atoms in total. The van der Waals surface area contributed by atoms with Gasteiger partial charge in [0, 0.05) is 97.5 Å². The second-order valence-corrected chi connectivity index (χ2v) is 23.7. The highest BCUT2D eigenvalue weighted by molar-refractivity contribution is 7.13. The Hall–Kier alpha value is -7.74. The van der Waals surface area contributed by atoms with Crippen LogP contribution in [0, 0.1) is 19.8 Å². The summed E-state index contributed by atoms with van der Waals surface area (Å²) in [5.41, 5.74) is 14.1. The van der Waals surface area contributed by atoms with Gasteiger partial charge in [-0.2, -0.15) is 20.2 Å². The van der Waals surface area contributed by atoms with Gasteiger partial charge in [0.15, 0.2) is 12.0 Å². The smallest absolute Gasteiger partial charge is 0.319 e. The highest BCUT2D eigenvalue weighted by Gasteiger charge is 2.42. The highest BCUT2D eigenvalue weighted by Crippen LogP contribution is 2.53. The van der Waals surface area contributed by atoms with Crippen molar-refractivity contribution in [1.29, 1.82) is 0 Å². The molecular weight excluding hydrogens is 1040 g/mol. The lowest BCUT2D eigenvalue weighted by molar-refractivity contribution is -0.142. The van der Waals surface area contributed by atoms with Crippen LogP contribution in [-0.2, 0) is 27.5 Å². The van der Waals surface area contributed by atoms with Crippen molar-refractivity contribution in [2.45, 2.75) is 122 Å². The Morgan fingerprint density at radius 1 is 0.951 bits per heavy atom. The average molecular weight is 1110 g/mol. The lowest BCUT2D eigenvalue weighted by atomic mass is 9.89. The fourth-order valence-corrected chi connectivity index (χ4v) is 13.6. The summed E-state index contributed by atoms with van der Waals surface area (Å²) in [6, 6.07) is 20.4. The van der Waals surface area contributed by atoms with Gasteiger partial charge in [0.25, 0.3) is 0 Å². The van der Waals surface area contributed by atoms with Crippen LogP contribution in [0.1, 0.15) is 109 Å². The van der Waals surface area contributed by atoms with Crippen LogP contribution < -0.4 is 30.3 Å². The summed E-state index contributed by atoms with van der Waals surface area (Å²) in [7, 11) is 1.85. The van der Waals surface area contributed by atoms with Crippen molar-refractivity contribution in [2.24, 2.45) is 5.92 Å². The van der Waals surface area contributed by atoms with Gasteiger partial charge in [-0.15, -0.1) is 11.3 Å². The molecular formula is C62H68N12O6S. The normalized spacial score (nSPS) is 19.5. The molecule has 0 spiro atoms. The molecule has 418 valence electrons.